The molecule has 2 aromatic carbocycles. The van der Waals surface area contributed by atoms with Crippen molar-refractivity contribution < 1.29 is 9.53 Å². The fraction of sp³-hybridized carbons (Fsp3) is 0.444. The predicted molar refractivity (Wildman–Crippen MR) is 136 cm³/mol. The number of benzene rings is 2. The molecule has 0 bridgehead atoms. The smallest absolute Gasteiger partial charge is 0.161 e. The second-order valence-corrected chi connectivity index (χ2v) is 10.3. The summed E-state index contributed by atoms with van der Waals surface area (Å²) >= 11 is 9.83. The Hall–Kier alpha value is -1.78. The number of unbranched alkanes of at least 4 members (excludes halogenated alkanes) is 1. The van der Waals surface area contributed by atoms with Gasteiger partial charge >= 0.3 is 0 Å². The fourth-order valence-electron chi connectivity index (χ4n) is 4.92. The van der Waals surface area contributed by atoms with Gasteiger partial charge in [-0.2, -0.15) is 0 Å². The van der Waals surface area contributed by atoms with Crippen LogP contribution in [0.4, 0.5) is 0 Å². The lowest BCUT2D eigenvalue weighted by atomic mass is 9.94. The Bertz CT molecular complexity index is 1080. The first kappa shape index (κ1) is 23.4. The zero-order valence-electron chi connectivity index (χ0n) is 18.7. The Labute approximate surface area is 204 Å². The molecule has 1 fully saturated rings. The van der Waals surface area contributed by atoms with Gasteiger partial charge in [-0.15, -0.1) is 0 Å². The highest BCUT2D eigenvalue weighted by atomic mass is 79.9. The normalized spacial score (nSPS) is 19.1. The van der Waals surface area contributed by atoms with Gasteiger partial charge in [0.05, 0.1) is 11.1 Å². The van der Waals surface area contributed by atoms with Gasteiger partial charge < -0.3 is 9.30 Å². The number of para-hydroxylation sites is 1. The number of ketones is 1. The zero-order valence-corrected chi connectivity index (χ0v) is 21.0. The van der Waals surface area contributed by atoms with E-state index in [1.165, 1.54) is 32.1 Å². The molecule has 32 heavy (non-hydrogen) atoms. The molecule has 0 spiro atoms. The Balaban J connectivity index is 1.27. The molecular weight excluding hydrogens is 486 g/mol. The number of carbonyl (C=O) groups is 1. The van der Waals surface area contributed by atoms with E-state index in [0.29, 0.717) is 5.02 Å². The van der Waals surface area contributed by atoms with E-state index >= 15 is 0 Å². The summed E-state index contributed by atoms with van der Waals surface area (Å²) in [5.41, 5.74) is 1.96. The van der Waals surface area contributed by atoms with Crippen LogP contribution in [0.2, 0.25) is 5.02 Å². The number of aromatic nitrogens is 1. The minimum absolute atomic E-state index is 0.128. The lowest BCUT2D eigenvalue weighted by Crippen LogP contribution is -2.15. The molecule has 2 atom stereocenters. The molecule has 4 rings (SSSR count). The first-order valence-corrected chi connectivity index (χ1v) is 12.9. The van der Waals surface area contributed by atoms with E-state index in [4.69, 9.17) is 16.3 Å². The molecule has 1 heterocycles. The number of aryl methyl sites for hydroxylation is 1. The van der Waals surface area contributed by atoms with Crippen LogP contribution in [0.15, 0.2) is 53.1 Å². The van der Waals surface area contributed by atoms with E-state index in [-0.39, 0.29) is 11.9 Å². The maximum absolute atomic E-state index is 12.0. The van der Waals surface area contributed by atoms with Crippen molar-refractivity contribution in [3.8, 4) is 5.75 Å². The SMILES string of the molecule is CC(=O)c1cn(CCCCC2CCCC(Oc3ccccc3Cl)CC2)c2cc(Br)ccc12. The van der Waals surface area contributed by atoms with E-state index < -0.39 is 0 Å². The number of Topliss-reactive ketones (excluding diaryl/α,β-unsaturated/α-hetero) is 1. The molecule has 3 nitrogen and oxygen atoms in total. The quantitative estimate of drug-likeness (QED) is 0.171. The van der Waals surface area contributed by atoms with Crippen LogP contribution in [0.1, 0.15) is 68.6 Å². The van der Waals surface area contributed by atoms with E-state index in [1.54, 1.807) is 6.92 Å². The van der Waals surface area contributed by atoms with Gasteiger partial charge in [-0.25, -0.2) is 0 Å². The second-order valence-electron chi connectivity index (χ2n) is 8.99. The monoisotopic (exact) mass is 515 g/mol. The van der Waals surface area contributed by atoms with Gasteiger partial charge in [0.1, 0.15) is 5.75 Å². The molecule has 5 heteroatoms. The highest BCUT2D eigenvalue weighted by Crippen LogP contribution is 2.32. The number of halogens is 2. The summed E-state index contributed by atoms with van der Waals surface area (Å²) in [4.78, 5) is 12.0. The van der Waals surface area contributed by atoms with Crippen LogP contribution < -0.4 is 4.74 Å². The Morgan fingerprint density at radius 3 is 2.78 bits per heavy atom. The minimum Gasteiger partial charge on any atom is -0.489 e. The third kappa shape index (κ3) is 5.77. The van der Waals surface area contributed by atoms with Crippen molar-refractivity contribution in [1.82, 2.24) is 4.57 Å². The number of nitrogens with zero attached hydrogens (tertiary/aromatic N) is 1. The first-order valence-electron chi connectivity index (χ1n) is 11.7. The highest BCUT2D eigenvalue weighted by Gasteiger charge is 2.20. The third-order valence-electron chi connectivity index (χ3n) is 6.65. The molecule has 0 saturated heterocycles. The largest absolute Gasteiger partial charge is 0.489 e. The topological polar surface area (TPSA) is 31.2 Å². The van der Waals surface area contributed by atoms with Crippen LogP contribution in [0.25, 0.3) is 10.9 Å². The van der Waals surface area contributed by atoms with Crippen LogP contribution in [-0.2, 0) is 6.54 Å². The van der Waals surface area contributed by atoms with Gasteiger partial charge in [0.15, 0.2) is 5.78 Å². The van der Waals surface area contributed by atoms with Crippen molar-refractivity contribution in [3.63, 3.8) is 0 Å². The molecule has 3 aromatic rings. The number of hydrogen-bond acceptors (Lipinski definition) is 2. The van der Waals surface area contributed by atoms with Crippen molar-refractivity contribution in [1.29, 1.82) is 0 Å². The van der Waals surface area contributed by atoms with Gasteiger partial charge in [-0.05, 0) is 69.2 Å². The fourth-order valence-corrected chi connectivity index (χ4v) is 5.45. The second kappa shape index (κ2) is 10.9. The molecule has 0 aliphatic heterocycles. The lowest BCUT2D eigenvalue weighted by molar-refractivity contribution is 0.101. The Morgan fingerprint density at radius 1 is 1.12 bits per heavy atom. The van der Waals surface area contributed by atoms with E-state index in [9.17, 15) is 4.79 Å². The standard InChI is InChI=1S/C27H31BrClNO2/c1-19(31)24-18-30(26-17-21(28)13-15-23(24)26)16-5-4-7-20-8-6-9-22(14-12-20)32-27-11-3-2-10-25(27)29/h2-3,10-11,13,15,17-18,20,22H,4-9,12,14,16H2,1H3. The van der Waals surface area contributed by atoms with Gasteiger partial charge in [-0.3, -0.25) is 4.79 Å². The molecule has 1 aromatic heterocycles. The molecule has 2 unspecified atom stereocenters. The molecule has 170 valence electrons. The summed E-state index contributed by atoms with van der Waals surface area (Å²) in [6, 6.07) is 13.9. The van der Waals surface area contributed by atoms with E-state index in [1.807, 2.05) is 42.6 Å². The summed E-state index contributed by atoms with van der Waals surface area (Å²) in [7, 11) is 0. The number of rotatable bonds is 8. The van der Waals surface area contributed by atoms with Crippen LogP contribution >= 0.6 is 27.5 Å². The van der Waals surface area contributed by atoms with Crippen molar-refractivity contribution >= 4 is 44.2 Å². The maximum Gasteiger partial charge on any atom is 0.161 e. The number of carbonyl (C=O) groups excluding carboxylic acids is 1. The van der Waals surface area contributed by atoms with Crippen molar-refractivity contribution in [3.05, 3.63) is 63.7 Å². The molecule has 1 aliphatic carbocycles. The third-order valence-corrected chi connectivity index (χ3v) is 7.46. The summed E-state index contributed by atoms with van der Waals surface area (Å²) < 4.78 is 9.50. The molecule has 0 N–H and O–H groups in total. The van der Waals surface area contributed by atoms with Crippen LogP contribution in [0, 0.1) is 5.92 Å². The average Bonchev–Trinajstić information content (AvgIpc) is 2.97. The van der Waals surface area contributed by atoms with Gasteiger partial charge in [-0.1, -0.05) is 65.0 Å². The summed E-state index contributed by atoms with van der Waals surface area (Å²) in [6.07, 6.45) is 11.9. The minimum atomic E-state index is 0.128. The molecule has 1 aliphatic rings. The zero-order chi connectivity index (χ0) is 22.5. The van der Waals surface area contributed by atoms with Crippen molar-refractivity contribution in [2.24, 2.45) is 5.92 Å². The highest BCUT2D eigenvalue weighted by molar-refractivity contribution is 9.10. The van der Waals surface area contributed by atoms with E-state index in [0.717, 1.165) is 58.4 Å². The summed E-state index contributed by atoms with van der Waals surface area (Å²) in [6.45, 7) is 2.60. The molecular formula is C27H31BrClNO2. The predicted octanol–water partition coefficient (Wildman–Crippen LogP) is 8.46. The van der Waals surface area contributed by atoms with Crippen molar-refractivity contribution in [2.75, 3.05) is 0 Å². The van der Waals surface area contributed by atoms with E-state index in [2.05, 4.69) is 26.6 Å². The Kier molecular flexibility index (Phi) is 7.96. The van der Waals surface area contributed by atoms with Crippen LogP contribution in [0.5, 0.6) is 5.75 Å². The van der Waals surface area contributed by atoms with Gasteiger partial charge in [0.2, 0.25) is 0 Å². The molecule has 0 amide bonds. The molecule has 1 saturated carbocycles. The first-order chi connectivity index (χ1) is 15.5. The van der Waals surface area contributed by atoms with Gasteiger partial charge in [0.25, 0.3) is 0 Å². The van der Waals surface area contributed by atoms with Crippen LogP contribution in [0.3, 0.4) is 0 Å². The Morgan fingerprint density at radius 2 is 1.97 bits per heavy atom. The number of fused-ring (bicyclic) bond motifs is 1. The summed E-state index contributed by atoms with van der Waals surface area (Å²) in [5.74, 6) is 1.72. The van der Waals surface area contributed by atoms with Crippen molar-refractivity contribution in [2.45, 2.75) is 70.9 Å². The summed E-state index contributed by atoms with van der Waals surface area (Å²) in [5, 5.41) is 1.75. The number of hydrogen-bond donors (Lipinski definition) is 0. The molecule has 0 radical (unpaired) electrons. The average molecular weight is 517 g/mol. The number of ether oxygens (including phenoxy) is 1. The maximum atomic E-state index is 12.0. The lowest BCUT2D eigenvalue weighted by Gasteiger charge is -2.18. The van der Waals surface area contributed by atoms with Crippen LogP contribution in [-0.4, -0.2) is 16.5 Å². The van der Waals surface area contributed by atoms with Gasteiger partial charge in [0, 0.05) is 33.7 Å².